The van der Waals surface area contributed by atoms with E-state index in [1.807, 2.05) is 7.05 Å². The van der Waals surface area contributed by atoms with Crippen molar-refractivity contribution < 1.29 is 4.74 Å². The van der Waals surface area contributed by atoms with E-state index in [9.17, 15) is 0 Å². The maximum atomic E-state index is 5.52. The van der Waals surface area contributed by atoms with E-state index in [1.54, 1.807) is 0 Å². The summed E-state index contributed by atoms with van der Waals surface area (Å²) in [6, 6.07) is 0.413. The molecule has 0 aromatic carbocycles. The molecular formula is C13H23N5O. The largest absolute Gasteiger partial charge is 0.463 e. The summed E-state index contributed by atoms with van der Waals surface area (Å²) in [5.74, 6) is 2.03. The van der Waals surface area contributed by atoms with Gasteiger partial charge in [0.05, 0.1) is 6.61 Å². The Bertz CT molecular complexity index is 412. The van der Waals surface area contributed by atoms with Crippen molar-refractivity contribution in [3.05, 3.63) is 0 Å². The first-order valence-electron chi connectivity index (χ1n) is 7.08. The van der Waals surface area contributed by atoms with Gasteiger partial charge >= 0.3 is 6.01 Å². The molecule has 1 unspecified atom stereocenters. The summed E-state index contributed by atoms with van der Waals surface area (Å²) in [4.78, 5) is 15.3. The van der Waals surface area contributed by atoms with Crippen LogP contribution >= 0.6 is 0 Å². The summed E-state index contributed by atoms with van der Waals surface area (Å²) < 4.78 is 5.52. The molecule has 1 saturated heterocycles. The first kappa shape index (κ1) is 13.8. The van der Waals surface area contributed by atoms with Gasteiger partial charge in [0.15, 0.2) is 0 Å². The van der Waals surface area contributed by atoms with Gasteiger partial charge in [0.25, 0.3) is 0 Å². The smallest absolute Gasteiger partial charge is 0.323 e. The minimum atomic E-state index is 0.413. The van der Waals surface area contributed by atoms with E-state index in [2.05, 4.69) is 39.0 Å². The van der Waals surface area contributed by atoms with E-state index in [1.165, 1.54) is 12.8 Å². The quantitative estimate of drug-likeness (QED) is 0.848. The van der Waals surface area contributed by atoms with Crippen LogP contribution in [0.1, 0.15) is 33.1 Å². The fourth-order valence-corrected chi connectivity index (χ4v) is 2.20. The van der Waals surface area contributed by atoms with Gasteiger partial charge in [0, 0.05) is 20.1 Å². The molecule has 0 spiro atoms. The Morgan fingerprint density at radius 3 is 2.79 bits per heavy atom. The second kappa shape index (κ2) is 6.54. The predicted octanol–water partition coefficient (Wildman–Crippen LogP) is 1.94. The molecule has 0 bridgehead atoms. The van der Waals surface area contributed by atoms with Crippen LogP contribution in [0.2, 0.25) is 0 Å². The molecule has 0 radical (unpaired) electrons. The third-order valence-corrected chi connectivity index (χ3v) is 3.41. The molecule has 0 aliphatic carbocycles. The van der Waals surface area contributed by atoms with E-state index >= 15 is 0 Å². The molecule has 6 heteroatoms. The number of hydrogen-bond donors (Lipinski definition) is 1. The summed E-state index contributed by atoms with van der Waals surface area (Å²) in [5, 5.41) is 2.96. The van der Waals surface area contributed by atoms with Crippen LogP contribution in [0.25, 0.3) is 0 Å². The Kier molecular flexibility index (Phi) is 4.76. The number of aromatic nitrogens is 3. The molecule has 1 aliphatic rings. The molecule has 2 rings (SSSR count). The van der Waals surface area contributed by atoms with E-state index in [-0.39, 0.29) is 0 Å². The number of rotatable bonds is 6. The van der Waals surface area contributed by atoms with Crippen molar-refractivity contribution in [3.63, 3.8) is 0 Å². The number of nitrogens with one attached hydrogen (secondary N) is 1. The van der Waals surface area contributed by atoms with Crippen LogP contribution in [0.3, 0.4) is 0 Å². The van der Waals surface area contributed by atoms with E-state index in [0.29, 0.717) is 18.6 Å². The molecule has 1 aliphatic heterocycles. The Morgan fingerprint density at radius 2 is 2.16 bits per heavy atom. The van der Waals surface area contributed by atoms with Crippen molar-refractivity contribution >= 4 is 11.9 Å². The molecule has 1 N–H and O–H groups in total. The predicted molar refractivity (Wildman–Crippen MR) is 75.8 cm³/mol. The zero-order valence-corrected chi connectivity index (χ0v) is 12.0. The average Bonchev–Trinajstić information content (AvgIpc) is 2.93. The second-order valence-electron chi connectivity index (χ2n) is 4.85. The maximum absolute atomic E-state index is 5.52. The van der Waals surface area contributed by atoms with Crippen LogP contribution in [-0.4, -0.2) is 41.7 Å². The summed E-state index contributed by atoms with van der Waals surface area (Å²) in [7, 11) is 1.81. The molecule has 19 heavy (non-hydrogen) atoms. The van der Waals surface area contributed by atoms with E-state index in [0.717, 1.165) is 31.4 Å². The summed E-state index contributed by atoms with van der Waals surface area (Å²) in [6.45, 7) is 6.96. The summed E-state index contributed by atoms with van der Waals surface area (Å²) >= 11 is 0. The van der Waals surface area contributed by atoms with Crippen LogP contribution in [0.4, 0.5) is 11.9 Å². The lowest BCUT2D eigenvalue weighted by Gasteiger charge is -2.17. The minimum absolute atomic E-state index is 0.413. The lowest BCUT2D eigenvalue weighted by molar-refractivity contribution is 0.292. The van der Waals surface area contributed by atoms with E-state index in [4.69, 9.17) is 4.74 Å². The second-order valence-corrected chi connectivity index (χ2v) is 4.85. The van der Waals surface area contributed by atoms with Crippen molar-refractivity contribution in [2.24, 2.45) is 5.92 Å². The van der Waals surface area contributed by atoms with Gasteiger partial charge < -0.3 is 15.0 Å². The zero-order valence-electron chi connectivity index (χ0n) is 12.0. The highest BCUT2D eigenvalue weighted by Gasteiger charge is 2.24. The Labute approximate surface area is 114 Å². The third-order valence-electron chi connectivity index (χ3n) is 3.41. The van der Waals surface area contributed by atoms with Gasteiger partial charge in [0.1, 0.15) is 0 Å². The topological polar surface area (TPSA) is 63.2 Å². The molecule has 0 amide bonds. The van der Waals surface area contributed by atoms with Crippen molar-refractivity contribution in [1.29, 1.82) is 0 Å². The molecular weight excluding hydrogens is 242 g/mol. The molecule has 106 valence electrons. The van der Waals surface area contributed by atoms with Crippen LogP contribution in [0.5, 0.6) is 6.01 Å². The number of hydrogen-bond acceptors (Lipinski definition) is 6. The highest BCUT2D eigenvalue weighted by Crippen LogP contribution is 2.24. The van der Waals surface area contributed by atoms with Crippen LogP contribution in [0, 0.1) is 5.92 Å². The fraction of sp³-hybridized carbons (Fsp3) is 0.769. The summed E-state index contributed by atoms with van der Waals surface area (Å²) in [5.41, 5.74) is 0. The van der Waals surface area contributed by atoms with Gasteiger partial charge in [0.2, 0.25) is 11.9 Å². The standard InChI is InChI=1S/C13H23N5O/c1-4-8-19-13-16-11(14-3)15-12(17-13)18-7-6-10(5-2)9-18/h10H,4-9H2,1-3H3,(H,14,15,16,17). The SMILES string of the molecule is CCCOc1nc(NC)nc(N2CCC(CC)C2)n1. The lowest BCUT2D eigenvalue weighted by Crippen LogP contribution is -2.23. The van der Waals surface area contributed by atoms with Crippen LogP contribution in [-0.2, 0) is 0 Å². The third kappa shape index (κ3) is 3.45. The number of ether oxygens (including phenoxy) is 1. The van der Waals surface area contributed by atoms with E-state index < -0.39 is 0 Å². The lowest BCUT2D eigenvalue weighted by atomic mass is 10.1. The van der Waals surface area contributed by atoms with Gasteiger partial charge in [-0.3, -0.25) is 0 Å². The van der Waals surface area contributed by atoms with Crippen LogP contribution in [0.15, 0.2) is 0 Å². The zero-order chi connectivity index (χ0) is 13.7. The Morgan fingerprint density at radius 1 is 1.32 bits per heavy atom. The van der Waals surface area contributed by atoms with Gasteiger partial charge in [-0.2, -0.15) is 15.0 Å². The Hall–Kier alpha value is -1.59. The number of anilines is 2. The normalized spacial score (nSPS) is 18.7. The molecule has 2 heterocycles. The first-order valence-corrected chi connectivity index (χ1v) is 7.08. The fourth-order valence-electron chi connectivity index (χ4n) is 2.20. The first-order chi connectivity index (χ1) is 9.26. The minimum Gasteiger partial charge on any atom is -0.463 e. The molecule has 6 nitrogen and oxygen atoms in total. The van der Waals surface area contributed by atoms with Gasteiger partial charge in [-0.15, -0.1) is 0 Å². The van der Waals surface area contributed by atoms with Gasteiger partial charge in [-0.05, 0) is 18.8 Å². The maximum Gasteiger partial charge on any atom is 0.323 e. The van der Waals surface area contributed by atoms with Crippen molar-refractivity contribution in [1.82, 2.24) is 15.0 Å². The molecule has 1 aromatic rings. The molecule has 1 aromatic heterocycles. The Balaban J connectivity index is 2.14. The van der Waals surface area contributed by atoms with Gasteiger partial charge in [-0.25, -0.2) is 0 Å². The molecule has 1 fully saturated rings. The van der Waals surface area contributed by atoms with Crippen molar-refractivity contribution in [3.8, 4) is 6.01 Å². The highest BCUT2D eigenvalue weighted by atomic mass is 16.5. The number of nitrogens with zero attached hydrogens (tertiary/aromatic N) is 4. The van der Waals surface area contributed by atoms with Crippen LogP contribution < -0.4 is 15.0 Å². The summed E-state index contributed by atoms with van der Waals surface area (Å²) in [6.07, 6.45) is 3.36. The highest BCUT2D eigenvalue weighted by molar-refractivity contribution is 5.39. The molecule has 0 saturated carbocycles. The monoisotopic (exact) mass is 265 g/mol. The average molecular weight is 265 g/mol. The van der Waals surface area contributed by atoms with Crippen molar-refractivity contribution in [2.45, 2.75) is 33.1 Å². The van der Waals surface area contributed by atoms with Crippen molar-refractivity contribution in [2.75, 3.05) is 37.0 Å². The molecule has 1 atom stereocenters. The van der Waals surface area contributed by atoms with Gasteiger partial charge in [-0.1, -0.05) is 20.3 Å².